The van der Waals surface area contributed by atoms with Crippen LogP contribution < -0.4 is 14.8 Å². The summed E-state index contributed by atoms with van der Waals surface area (Å²) in [5, 5.41) is 22.3. The van der Waals surface area contributed by atoms with Gasteiger partial charge >= 0.3 is 0 Å². The van der Waals surface area contributed by atoms with E-state index in [1.807, 2.05) is 25.1 Å². The zero-order valence-electron chi connectivity index (χ0n) is 13.3. The van der Waals surface area contributed by atoms with Crippen LogP contribution in [0.15, 0.2) is 42.5 Å². The fraction of sp³-hybridized carbons (Fsp3) is 0.412. The third kappa shape index (κ3) is 6.30. The largest absolute Gasteiger partial charge is 0.493 e. The van der Waals surface area contributed by atoms with E-state index in [0.29, 0.717) is 24.5 Å². The summed E-state index contributed by atoms with van der Waals surface area (Å²) >= 11 is 0. The summed E-state index contributed by atoms with van der Waals surface area (Å²) in [6.45, 7) is 2.61. The Balaban J connectivity index is 2.56. The normalized spacial score (nSPS) is 14.4. The molecule has 0 radical (unpaired) electrons. The van der Waals surface area contributed by atoms with Gasteiger partial charge in [0.15, 0.2) is 11.5 Å². The Bertz CT molecular complexity index is 499. The SMILES string of the molecule is CCNC(O)/C=C/C=C/[C@H](O)Cc1ccc(OC)c(OC)c1. The number of hydrogen-bond donors (Lipinski definition) is 3. The molecule has 0 aliphatic rings. The van der Waals surface area contributed by atoms with Gasteiger partial charge in [-0.15, -0.1) is 0 Å². The molecule has 3 N–H and O–H groups in total. The lowest BCUT2D eigenvalue weighted by molar-refractivity contribution is 0.187. The van der Waals surface area contributed by atoms with Crippen LogP contribution in [0.3, 0.4) is 0 Å². The van der Waals surface area contributed by atoms with E-state index in [-0.39, 0.29) is 0 Å². The maximum absolute atomic E-state index is 9.99. The molecule has 1 rings (SSSR count). The van der Waals surface area contributed by atoms with Gasteiger partial charge in [-0.05, 0) is 30.3 Å². The minimum Gasteiger partial charge on any atom is -0.493 e. The highest BCUT2D eigenvalue weighted by molar-refractivity contribution is 5.43. The summed E-state index contributed by atoms with van der Waals surface area (Å²) in [5.41, 5.74) is 0.950. The van der Waals surface area contributed by atoms with Crippen molar-refractivity contribution in [3.8, 4) is 11.5 Å². The summed E-state index contributed by atoms with van der Waals surface area (Å²) in [4.78, 5) is 0. The Morgan fingerprint density at radius 2 is 1.77 bits per heavy atom. The molecule has 0 fully saturated rings. The lowest BCUT2D eigenvalue weighted by Gasteiger charge is -2.11. The molecule has 0 saturated carbocycles. The first kappa shape index (κ1) is 18.2. The van der Waals surface area contributed by atoms with Crippen molar-refractivity contribution in [2.75, 3.05) is 20.8 Å². The predicted octanol–water partition coefficient (Wildman–Crippen LogP) is 1.65. The Morgan fingerprint density at radius 1 is 1.09 bits per heavy atom. The average molecular weight is 307 g/mol. The molecule has 5 heteroatoms. The van der Waals surface area contributed by atoms with Gasteiger partial charge in [0.1, 0.15) is 6.23 Å². The van der Waals surface area contributed by atoms with Crippen molar-refractivity contribution >= 4 is 0 Å². The van der Waals surface area contributed by atoms with Crippen LogP contribution in [0, 0.1) is 0 Å². The highest BCUT2D eigenvalue weighted by Crippen LogP contribution is 2.28. The smallest absolute Gasteiger partial charge is 0.160 e. The van der Waals surface area contributed by atoms with Gasteiger partial charge in [0.2, 0.25) is 0 Å². The lowest BCUT2D eigenvalue weighted by atomic mass is 10.1. The molecular weight excluding hydrogens is 282 g/mol. The molecule has 2 atom stereocenters. The molecule has 0 saturated heterocycles. The van der Waals surface area contributed by atoms with E-state index in [0.717, 1.165) is 5.56 Å². The van der Waals surface area contributed by atoms with E-state index < -0.39 is 12.3 Å². The molecule has 0 aromatic heterocycles. The van der Waals surface area contributed by atoms with E-state index in [9.17, 15) is 10.2 Å². The molecule has 1 unspecified atom stereocenters. The van der Waals surface area contributed by atoms with Crippen molar-refractivity contribution in [1.29, 1.82) is 0 Å². The molecule has 0 spiro atoms. The Kier molecular flexibility index (Phi) is 8.28. The average Bonchev–Trinajstić information content (AvgIpc) is 2.51. The highest BCUT2D eigenvalue weighted by atomic mass is 16.5. The third-order valence-electron chi connectivity index (χ3n) is 3.04. The first-order chi connectivity index (χ1) is 10.6. The van der Waals surface area contributed by atoms with Crippen LogP contribution in [-0.2, 0) is 6.42 Å². The second-order valence-electron chi connectivity index (χ2n) is 4.73. The van der Waals surface area contributed by atoms with Crippen LogP contribution in [0.5, 0.6) is 11.5 Å². The van der Waals surface area contributed by atoms with Crippen molar-refractivity contribution in [3.63, 3.8) is 0 Å². The van der Waals surface area contributed by atoms with Crippen LogP contribution in [0.1, 0.15) is 12.5 Å². The summed E-state index contributed by atoms with van der Waals surface area (Å²) in [5.74, 6) is 1.31. The van der Waals surface area contributed by atoms with Gasteiger partial charge in [0.05, 0.1) is 20.3 Å². The molecule has 0 aliphatic carbocycles. The van der Waals surface area contributed by atoms with Gasteiger partial charge < -0.3 is 19.7 Å². The second-order valence-corrected chi connectivity index (χ2v) is 4.73. The van der Waals surface area contributed by atoms with Crippen LogP contribution in [-0.4, -0.2) is 43.3 Å². The third-order valence-corrected chi connectivity index (χ3v) is 3.04. The lowest BCUT2D eigenvalue weighted by Crippen LogP contribution is -2.25. The predicted molar refractivity (Wildman–Crippen MR) is 87.2 cm³/mol. The molecule has 0 heterocycles. The van der Waals surface area contributed by atoms with E-state index in [1.165, 1.54) is 0 Å². The van der Waals surface area contributed by atoms with Crippen LogP contribution in [0.25, 0.3) is 0 Å². The molecule has 0 aliphatic heterocycles. The van der Waals surface area contributed by atoms with Gasteiger partial charge in [-0.3, -0.25) is 5.32 Å². The second kappa shape index (κ2) is 10.00. The molecule has 1 aromatic carbocycles. The summed E-state index contributed by atoms with van der Waals surface area (Å²) in [6.07, 6.45) is 5.89. The maximum atomic E-state index is 9.99. The zero-order valence-corrected chi connectivity index (χ0v) is 13.3. The van der Waals surface area contributed by atoms with Crippen LogP contribution in [0.2, 0.25) is 0 Å². The highest BCUT2D eigenvalue weighted by Gasteiger charge is 2.07. The van der Waals surface area contributed by atoms with Gasteiger partial charge in [-0.25, -0.2) is 0 Å². The fourth-order valence-corrected chi connectivity index (χ4v) is 1.96. The topological polar surface area (TPSA) is 71.0 Å². The van der Waals surface area contributed by atoms with Gasteiger partial charge in [0.25, 0.3) is 0 Å². The summed E-state index contributed by atoms with van der Waals surface area (Å²) in [6, 6.07) is 5.56. The maximum Gasteiger partial charge on any atom is 0.160 e. The standard InChI is InChI=1S/C17H25NO4/c1-4-18-17(20)8-6-5-7-14(19)11-13-9-10-15(21-2)16(12-13)22-3/h5-10,12,14,17-20H,4,11H2,1-3H3/b7-5+,8-6+/t14-,17?/m0/s1. The van der Waals surface area contributed by atoms with E-state index >= 15 is 0 Å². The number of likely N-dealkylation sites (N-methyl/N-ethyl adjacent to an activating group) is 1. The minimum absolute atomic E-state index is 0.473. The van der Waals surface area contributed by atoms with E-state index in [2.05, 4.69) is 5.32 Å². The number of methoxy groups -OCH3 is 2. The fourth-order valence-electron chi connectivity index (χ4n) is 1.96. The minimum atomic E-state index is -0.669. The van der Waals surface area contributed by atoms with Crippen molar-refractivity contribution in [2.24, 2.45) is 0 Å². The first-order valence-corrected chi connectivity index (χ1v) is 7.26. The summed E-state index contributed by atoms with van der Waals surface area (Å²) in [7, 11) is 3.17. The van der Waals surface area contributed by atoms with Crippen LogP contribution >= 0.6 is 0 Å². The summed E-state index contributed by atoms with van der Waals surface area (Å²) < 4.78 is 10.4. The molecular formula is C17H25NO4. The molecule has 122 valence electrons. The number of rotatable bonds is 9. The van der Waals surface area contributed by atoms with Crippen molar-refractivity contribution in [2.45, 2.75) is 25.7 Å². The van der Waals surface area contributed by atoms with Gasteiger partial charge in [-0.1, -0.05) is 31.2 Å². The number of allylic oxidation sites excluding steroid dienone is 2. The number of aliphatic hydroxyl groups is 2. The molecule has 1 aromatic rings. The van der Waals surface area contributed by atoms with E-state index in [4.69, 9.17) is 9.47 Å². The molecule has 5 nitrogen and oxygen atoms in total. The first-order valence-electron chi connectivity index (χ1n) is 7.26. The molecule has 0 bridgehead atoms. The van der Waals surface area contributed by atoms with Crippen molar-refractivity contribution in [1.82, 2.24) is 5.32 Å². The number of benzene rings is 1. The quantitative estimate of drug-likeness (QED) is 0.478. The Morgan fingerprint density at radius 3 is 2.41 bits per heavy atom. The number of nitrogens with one attached hydrogen (secondary N) is 1. The van der Waals surface area contributed by atoms with Crippen LogP contribution in [0.4, 0.5) is 0 Å². The Labute approximate surface area is 131 Å². The Hall–Kier alpha value is -1.82. The van der Waals surface area contributed by atoms with Crippen molar-refractivity contribution in [3.05, 3.63) is 48.1 Å². The van der Waals surface area contributed by atoms with E-state index in [1.54, 1.807) is 38.5 Å². The molecule has 0 amide bonds. The molecule has 22 heavy (non-hydrogen) atoms. The number of aliphatic hydroxyl groups excluding tert-OH is 2. The van der Waals surface area contributed by atoms with Gasteiger partial charge in [-0.2, -0.15) is 0 Å². The number of hydrogen-bond acceptors (Lipinski definition) is 5. The monoisotopic (exact) mass is 307 g/mol. The zero-order chi connectivity index (χ0) is 16.4. The van der Waals surface area contributed by atoms with Crippen molar-refractivity contribution < 1.29 is 19.7 Å². The number of ether oxygens (including phenoxy) is 2. The van der Waals surface area contributed by atoms with Gasteiger partial charge in [0, 0.05) is 6.42 Å².